The molecule has 1 amide bonds. The van der Waals surface area contributed by atoms with Gasteiger partial charge in [-0.15, -0.1) is 0 Å². The van der Waals surface area contributed by atoms with E-state index >= 15 is 0 Å². The molecule has 1 fully saturated rings. The highest BCUT2D eigenvalue weighted by Gasteiger charge is 2.45. The van der Waals surface area contributed by atoms with Crippen molar-refractivity contribution in [2.24, 2.45) is 5.92 Å². The van der Waals surface area contributed by atoms with Gasteiger partial charge in [0, 0.05) is 31.0 Å². The maximum atomic E-state index is 11.7. The molecule has 1 atom stereocenters. The van der Waals surface area contributed by atoms with Crippen molar-refractivity contribution in [3.8, 4) is 0 Å². The fourth-order valence-corrected chi connectivity index (χ4v) is 4.24. The van der Waals surface area contributed by atoms with Gasteiger partial charge in [-0.2, -0.15) is 0 Å². The number of hydrogen-bond donors (Lipinski definition) is 2. The molecule has 1 aromatic rings. The monoisotopic (exact) mass is 398 g/mol. The standard InChI is InChI=1S/C21H32Cl2N2O/c1-4-6-20(26)25-12-11-24-19(13-15(2)3)21(9-5-10-21)16-7-8-17(22)18(23)14-16/h7-8,14-15,19,24H,4-6,9-13H2,1-3H3,(H,25,26). The topological polar surface area (TPSA) is 41.1 Å². The molecule has 1 saturated carbocycles. The summed E-state index contributed by atoms with van der Waals surface area (Å²) in [5, 5.41) is 7.97. The van der Waals surface area contributed by atoms with Gasteiger partial charge in [-0.1, -0.05) is 56.5 Å². The van der Waals surface area contributed by atoms with Gasteiger partial charge in [0.1, 0.15) is 0 Å². The van der Waals surface area contributed by atoms with Crippen molar-refractivity contribution in [2.75, 3.05) is 13.1 Å². The first kappa shape index (κ1) is 21.5. The lowest BCUT2D eigenvalue weighted by atomic mass is 9.59. The second-order valence-corrected chi connectivity index (χ2v) is 8.69. The summed E-state index contributed by atoms with van der Waals surface area (Å²) in [6.07, 6.45) is 6.15. The van der Waals surface area contributed by atoms with Gasteiger partial charge >= 0.3 is 0 Å². The SMILES string of the molecule is CCCC(=O)NCCNC(CC(C)C)C1(c2ccc(Cl)c(Cl)c2)CCC1. The summed E-state index contributed by atoms with van der Waals surface area (Å²) in [6, 6.07) is 6.46. The Bertz CT molecular complexity index is 600. The average Bonchev–Trinajstić information content (AvgIpc) is 2.53. The molecular weight excluding hydrogens is 367 g/mol. The summed E-state index contributed by atoms with van der Waals surface area (Å²) < 4.78 is 0. The van der Waals surface area contributed by atoms with Gasteiger partial charge in [0.05, 0.1) is 10.0 Å². The van der Waals surface area contributed by atoms with E-state index in [4.69, 9.17) is 23.2 Å². The third-order valence-corrected chi connectivity index (χ3v) is 6.17. The van der Waals surface area contributed by atoms with Crippen LogP contribution in [0.2, 0.25) is 10.0 Å². The normalized spacial score (nSPS) is 17.0. The molecule has 146 valence electrons. The van der Waals surface area contributed by atoms with E-state index in [0.717, 1.165) is 32.2 Å². The molecule has 2 rings (SSSR count). The van der Waals surface area contributed by atoms with Gasteiger partial charge in [0.2, 0.25) is 5.91 Å². The van der Waals surface area contributed by atoms with Crippen molar-refractivity contribution in [3.63, 3.8) is 0 Å². The van der Waals surface area contributed by atoms with Crippen molar-refractivity contribution >= 4 is 29.1 Å². The summed E-state index contributed by atoms with van der Waals surface area (Å²) in [5.41, 5.74) is 1.40. The zero-order valence-corrected chi connectivity index (χ0v) is 17.7. The minimum absolute atomic E-state index is 0.117. The maximum Gasteiger partial charge on any atom is 0.220 e. The molecule has 0 saturated heterocycles. The Morgan fingerprint density at radius 1 is 1.19 bits per heavy atom. The molecular formula is C21H32Cl2N2O. The van der Waals surface area contributed by atoms with Gasteiger partial charge < -0.3 is 10.6 Å². The fraction of sp³-hybridized carbons (Fsp3) is 0.667. The van der Waals surface area contributed by atoms with Crippen molar-refractivity contribution in [2.45, 2.75) is 70.8 Å². The Labute approximate surface area is 168 Å². The maximum absolute atomic E-state index is 11.7. The molecule has 2 N–H and O–H groups in total. The Morgan fingerprint density at radius 2 is 1.92 bits per heavy atom. The van der Waals surface area contributed by atoms with Crippen LogP contribution in [-0.4, -0.2) is 25.0 Å². The number of amides is 1. The molecule has 0 radical (unpaired) electrons. The average molecular weight is 399 g/mol. The molecule has 0 spiro atoms. The molecule has 1 aliphatic rings. The van der Waals surface area contributed by atoms with Crippen LogP contribution in [0.3, 0.4) is 0 Å². The fourth-order valence-electron chi connectivity index (χ4n) is 3.94. The van der Waals surface area contributed by atoms with Crippen LogP contribution in [0, 0.1) is 5.92 Å². The number of nitrogens with one attached hydrogen (secondary N) is 2. The molecule has 1 aromatic carbocycles. The minimum atomic E-state index is 0.117. The van der Waals surface area contributed by atoms with Crippen molar-refractivity contribution in [3.05, 3.63) is 33.8 Å². The second kappa shape index (κ2) is 9.96. The highest BCUT2D eigenvalue weighted by molar-refractivity contribution is 6.42. The Morgan fingerprint density at radius 3 is 2.46 bits per heavy atom. The van der Waals surface area contributed by atoms with Crippen LogP contribution in [-0.2, 0) is 10.2 Å². The molecule has 1 aliphatic carbocycles. The highest BCUT2D eigenvalue weighted by Crippen LogP contribution is 2.49. The number of rotatable bonds is 10. The predicted octanol–water partition coefficient (Wildman–Crippen LogP) is 5.34. The third kappa shape index (κ3) is 5.37. The van der Waals surface area contributed by atoms with Crippen molar-refractivity contribution in [1.29, 1.82) is 0 Å². The first-order chi connectivity index (χ1) is 12.4. The van der Waals surface area contributed by atoms with E-state index in [1.54, 1.807) is 0 Å². The molecule has 26 heavy (non-hydrogen) atoms. The first-order valence-electron chi connectivity index (χ1n) is 9.84. The summed E-state index contributed by atoms with van der Waals surface area (Å²) in [7, 11) is 0. The molecule has 0 heterocycles. The van der Waals surface area contributed by atoms with E-state index in [-0.39, 0.29) is 11.3 Å². The first-order valence-corrected chi connectivity index (χ1v) is 10.6. The molecule has 0 aliphatic heterocycles. The van der Waals surface area contributed by atoms with Gasteiger partial charge in [-0.25, -0.2) is 0 Å². The van der Waals surface area contributed by atoms with Crippen molar-refractivity contribution in [1.82, 2.24) is 10.6 Å². The molecule has 0 aromatic heterocycles. The number of benzene rings is 1. The van der Waals surface area contributed by atoms with Crippen LogP contribution in [0.4, 0.5) is 0 Å². The Hall–Kier alpha value is -0.770. The lowest BCUT2D eigenvalue weighted by Crippen LogP contribution is -2.54. The van der Waals surface area contributed by atoms with Crippen LogP contribution >= 0.6 is 23.2 Å². The zero-order chi connectivity index (χ0) is 19.2. The highest BCUT2D eigenvalue weighted by atomic mass is 35.5. The van der Waals surface area contributed by atoms with Gasteiger partial charge in [0.15, 0.2) is 0 Å². The van der Waals surface area contributed by atoms with Crippen LogP contribution in [0.15, 0.2) is 18.2 Å². The van der Waals surface area contributed by atoms with E-state index in [0.29, 0.717) is 35.0 Å². The number of hydrogen-bond acceptors (Lipinski definition) is 2. The van der Waals surface area contributed by atoms with E-state index in [9.17, 15) is 4.79 Å². The van der Waals surface area contributed by atoms with Crippen LogP contribution < -0.4 is 10.6 Å². The van der Waals surface area contributed by atoms with E-state index < -0.39 is 0 Å². The quantitative estimate of drug-likeness (QED) is 0.522. The molecule has 5 heteroatoms. The number of halogens is 2. The molecule has 1 unspecified atom stereocenters. The summed E-state index contributed by atoms with van der Waals surface area (Å²) >= 11 is 12.4. The summed E-state index contributed by atoms with van der Waals surface area (Å²) in [6.45, 7) is 8.01. The summed E-state index contributed by atoms with van der Waals surface area (Å²) in [5.74, 6) is 0.736. The van der Waals surface area contributed by atoms with E-state index in [1.165, 1.54) is 12.0 Å². The van der Waals surface area contributed by atoms with Gasteiger partial charge in [-0.3, -0.25) is 4.79 Å². The summed E-state index contributed by atoms with van der Waals surface area (Å²) in [4.78, 5) is 11.7. The zero-order valence-electron chi connectivity index (χ0n) is 16.2. The van der Waals surface area contributed by atoms with E-state index in [1.807, 2.05) is 19.1 Å². The Balaban J connectivity index is 2.07. The third-order valence-electron chi connectivity index (χ3n) is 5.43. The van der Waals surface area contributed by atoms with Crippen LogP contribution in [0.5, 0.6) is 0 Å². The smallest absolute Gasteiger partial charge is 0.220 e. The molecule has 3 nitrogen and oxygen atoms in total. The minimum Gasteiger partial charge on any atom is -0.355 e. The van der Waals surface area contributed by atoms with Gasteiger partial charge in [-0.05, 0) is 49.3 Å². The number of carbonyl (C=O) groups excluding carboxylic acids is 1. The van der Waals surface area contributed by atoms with Crippen molar-refractivity contribution < 1.29 is 4.79 Å². The van der Waals surface area contributed by atoms with Crippen LogP contribution in [0.25, 0.3) is 0 Å². The molecule has 0 bridgehead atoms. The predicted molar refractivity (Wildman–Crippen MR) is 111 cm³/mol. The second-order valence-electron chi connectivity index (χ2n) is 7.87. The van der Waals surface area contributed by atoms with E-state index in [2.05, 4.69) is 30.5 Å². The van der Waals surface area contributed by atoms with Crippen LogP contribution in [0.1, 0.15) is 64.9 Å². The number of carbonyl (C=O) groups is 1. The lowest BCUT2D eigenvalue weighted by molar-refractivity contribution is -0.121. The Kier molecular flexibility index (Phi) is 8.25. The largest absolute Gasteiger partial charge is 0.355 e. The van der Waals surface area contributed by atoms with Gasteiger partial charge in [0.25, 0.3) is 0 Å². The lowest BCUT2D eigenvalue weighted by Gasteiger charge is -2.49.